The molecular formula is C25H41N3O4. The molecule has 1 aromatic carbocycles. The second kappa shape index (κ2) is 11.9. The molecule has 180 valence electrons. The molecule has 0 saturated carbocycles. The van der Waals surface area contributed by atoms with Crippen LogP contribution in [-0.2, 0) is 20.7 Å². The standard InChI is InChI=1S/C25H41N3O4/c1-10-18-12-14-19(15-13-18)21(22(29)26-17(5)6)28(11-2)23(30)20(16(3)4)27-24(31)32-25(7,8)9/h12-17,20-21H,10-11H2,1-9H3,(H,26,29)(H,27,31). The number of hydrogen-bond donors (Lipinski definition) is 2. The van der Waals surface area contributed by atoms with Crippen LogP contribution < -0.4 is 10.6 Å². The first-order valence-electron chi connectivity index (χ1n) is 11.5. The fraction of sp³-hybridized carbons (Fsp3) is 0.640. The molecule has 0 aliphatic rings. The molecule has 0 radical (unpaired) electrons. The number of alkyl carbamates (subject to hydrolysis) is 1. The number of carbonyl (C=O) groups excluding carboxylic acids is 3. The van der Waals surface area contributed by atoms with E-state index in [2.05, 4.69) is 17.6 Å². The zero-order valence-corrected chi connectivity index (χ0v) is 21.1. The Kier molecular flexibility index (Phi) is 10.2. The van der Waals surface area contributed by atoms with Crippen molar-refractivity contribution in [1.82, 2.24) is 15.5 Å². The second-order valence-corrected chi connectivity index (χ2v) is 9.65. The van der Waals surface area contributed by atoms with Crippen molar-refractivity contribution in [1.29, 1.82) is 0 Å². The number of amides is 3. The van der Waals surface area contributed by atoms with Crippen LogP contribution in [0.2, 0.25) is 0 Å². The number of aryl methyl sites for hydroxylation is 1. The maximum absolute atomic E-state index is 13.6. The molecule has 0 spiro atoms. The van der Waals surface area contributed by atoms with Crippen LogP contribution in [0.25, 0.3) is 0 Å². The Hall–Kier alpha value is -2.57. The number of benzene rings is 1. The molecule has 1 rings (SSSR count). The van der Waals surface area contributed by atoms with E-state index in [1.54, 1.807) is 20.8 Å². The first-order chi connectivity index (χ1) is 14.8. The summed E-state index contributed by atoms with van der Waals surface area (Å²) in [6.07, 6.45) is 0.227. The minimum absolute atomic E-state index is 0.0745. The zero-order valence-electron chi connectivity index (χ0n) is 21.1. The van der Waals surface area contributed by atoms with Gasteiger partial charge in [-0.3, -0.25) is 9.59 Å². The minimum atomic E-state index is -0.825. The van der Waals surface area contributed by atoms with Crippen molar-refractivity contribution < 1.29 is 19.1 Å². The number of ether oxygens (including phenoxy) is 1. The number of nitrogens with one attached hydrogen (secondary N) is 2. The van der Waals surface area contributed by atoms with Crippen molar-refractivity contribution in [3.8, 4) is 0 Å². The van der Waals surface area contributed by atoms with Gasteiger partial charge in [-0.15, -0.1) is 0 Å². The molecule has 0 aliphatic heterocycles. The summed E-state index contributed by atoms with van der Waals surface area (Å²) in [7, 11) is 0. The molecule has 32 heavy (non-hydrogen) atoms. The van der Waals surface area contributed by atoms with Crippen LogP contribution in [0.1, 0.15) is 79.5 Å². The van der Waals surface area contributed by atoms with E-state index in [1.807, 2.05) is 58.9 Å². The van der Waals surface area contributed by atoms with Gasteiger partial charge in [-0.05, 0) is 65.0 Å². The normalized spacial score (nSPS) is 13.5. The summed E-state index contributed by atoms with van der Waals surface area (Å²) in [5.74, 6) is -0.767. The van der Waals surface area contributed by atoms with E-state index in [-0.39, 0.29) is 23.8 Å². The molecule has 7 heteroatoms. The van der Waals surface area contributed by atoms with E-state index < -0.39 is 23.8 Å². The quantitative estimate of drug-likeness (QED) is 0.593. The van der Waals surface area contributed by atoms with Crippen molar-refractivity contribution in [2.45, 2.75) is 92.5 Å². The van der Waals surface area contributed by atoms with Crippen LogP contribution in [0.3, 0.4) is 0 Å². The topological polar surface area (TPSA) is 87.7 Å². The van der Waals surface area contributed by atoms with E-state index in [4.69, 9.17) is 4.74 Å². The fourth-order valence-electron chi connectivity index (χ4n) is 3.36. The molecule has 2 N–H and O–H groups in total. The van der Waals surface area contributed by atoms with Crippen LogP contribution in [-0.4, -0.2) is 47.0 Å². The van der Waals surface area contributed by atoms with E-state index in [0.29, 0.717) is 6.54 Å². The zero-order chi connectivity index (χ0) is 24.6. The van der Waals surface area contributed by atoms with Gasteiger partial charge in [0.2, 0.25) is 11.8 Å². The highest BCUT2D eigenvalue weighted by molar-refractivity contribution is 5.92. The third-order valence-corrected chi connectivity index (χ3v) is 4.92. The highest BCUT2D eigenvalue weighted by Gasteiger charge is 2.36. The predicted octanol–water partition coefficient (Wildman–Crippen LogP) is 4.21. The molecule has 1 aromatic rings. The van der Waals surface area contributed by atoms with Crippen molar-refractivity contribution in [2.75, 3.05) is 6.54 Å². The Morgan fingerprint density at radius 1 is 0.969 bits per heavy atom. The fourth-order valence-corrected chi connectivity index (χ4v) is 3.36. The lowest BCUT2D eigenvalue weighted by Crippen LogP contribution is -2.55. The van der Waals surface area contributed by atoms with Gasteiger partial charge in [0, 0.05) is 12.6 Å². The van der Waals surface area contributed by atoms with Gasteiger partial charge in [-0.2, -0.15) is 0 Å². The van der Waals surface area contributed by atoms with E-state index in [9.17, 15) is 14.4 Å². The molecule has 0 saturated heterocycles. The Bertz CT molecular complexity index is 766. The van der Waals surface area contributed by atoms with Gasteiger partial charge < -0.3 is 20.3 Å². The third kappa shape index (κ3) is 8.17. The van der Waals surface area contributed by atoms with Crippen molar-refractivity contribution in [2.24, 2.45) is 5.92 Å². The van der Waals surface area contributed by atoms with Gasteiger partial charge >= 0.3 is 6.09 Å². The lowest BCUT2D eigenvalue weighted by molar-refractivity contribution is -0.143. The molecule has 2 unspecified atom stereocenters. The van der Waals surface area contributed by atoms with Gasteiger partial charge in [0.1, 0.15) is 17.7 Å². The summed E-state index contributed by atoms with van der Waals surface area (Å²) in [6.45, 7) is 17.0. The summed E-state index contributed by atoms with van der Waals surface area (Å²) in [5, 5.41) is 5.64. The van der Waals surface area contributed by atoms with E-state index >= 15 is 0 Å². The monoisotopic (exact) mass is 447 g/mol. The van der Waals surface area contributed by atoms with Crippen LogP contribution >= 0.6 is 0 Å². The average molecular weight is 448 g/mol. The smallest absolute Gasteiger partial charge is 0.408 e. The third-order valence-electron chi connectivity index (χ3n) is 4.92. The number of rotatable bonds is 9. The highest BCUT2D eigenvalue weighted by atomic mass is 16.6. The summed E-state index contributed by atoms with van der Waals surface area (Å²) < 4.78 is 5.35. The maximum atomic E-state index is 13.6. The van der Waals surface area contributed by atoms with Gasteiger partial charge in [-0.25, -0.2) is 4.79 Å². The van der Waals surface area contributed by atoms with E-state index in [0.717, 1.165) is 17.5 Å². The lowest BCUT2D eigenvalue weighted by atomic mass is 9.98. The first kappa shape index (κ1) is 27.5. The summed E-state index contributed by atoms with van der Waals surface area (Å²) in [6, 6.07) is 6.03. The van der Waals surface area contributed by atoms with Gasteiger partial charge in [0.05, 0.1) is 0 Å². The van der Waals surface area contributed by atoms with Crippen molar-refractivity contribution in [3.05, 3.63) is 35.4 Å². The lowest BCUT2D eigenvalue weighted by Gasteiger charge is -2.35. The Balaban J connectivity index is 3.31. The van der Waals surface area contributed by atoms with Crippen LogP contribution in [0.5, 0.6) is 0 Å². The minimum Gasteiger partial charge on any atom is -0.444 e. The molecule has 0 bridgehead atoms. The summed E-state index contributed by atoms with van der Waals surface area (Å²) in [4.78, 5) is 40.7. The van der Waals surface area contributed by atoms with Gasteiger partial charge in [-0.1, -0.05) is 45.0 Å². The highest BCUT2D eigenvalue weighted by Crippen LogP contribution is 2.24. The molecular weight excluding hydrogens is 406 g/mol. The summed E-state index contributed by atoms with van der Waals surface area (Å²) >= 11 is 0. The SMILES string of the molecule is CCc1ccc(C(C(=O)NC(C)C)N(CC)C(=O)C(NC(=O)OC(C)(C)C)C(C)C)cc1. The first-order valence-corrected chi connectivity index (χ1v) is 11.5. The summed E-state index contributed by atoms with van der Waals surface area (Å²) in [5.41, 5.74) is 1.20. The number of nitrogens with zero attached hydrogens (tertiary/aromatic N) is 1. The Morgan fingerprint density at radius 3 is 1.94 bits per heavy atom. The van der Waals surface area contributed by atoms with Crippen molar-refractivity contribution >= 4 is 17.9 Å². The average Bonchev–Trinajstić information content (AvgIpc) is 2.67. The maximum Gasteiger partial charge on any atom is 0.408 e. The molecule has 0 heterocycles. The van der Waals surface area contributed by atoms with E-state index in [1.165, 1.54) is 4.90 Å². The predicted molar refractivity (Wildman–Crippen MR) is 127 cm³/mol. The van der Waals surface area contributed by atoms with Gasteiger partial charge in [0.25, 0.3) is 0 Å². The molecule has 2 atom stereocenters. The number of likely N-dealkylation sites (N-methyl/N-ethyl adjacent to an activating group) is 1. The Labute approximate surface area is 193 Å². The molecule has 7 nitrogen and oxygen atoms in total. The molecule has 0 fully saturated rings. The molecule has 0 aliphatic carbocycles. The largest absolute Gasteiger partial charge is 0.444 e. The Morgan fingerprint density at radius 2 is 1.53 bits per heavy atom. The molecule has 0 aromatic heterocycles. The number of carbonyl (C=O) groups is 3. The van der Waals surface area contributed by atoms with Crippen molar-refractivity contribution in [3.63, 3.8) is 0 Å². The second-order valence-electron chi connectivity index (χ2n) is 9.65. The number of hydrogen-bond acceptors (Lipinski definition) is 4. The van der Waals surface area contributed by atoms with Crippen LogP contribution in [0.4, 0.5) is 4.79 Å². The molecule has 3 amide bonds. The van der Waals surface area contributed by atoms with Crippen LogP contribution in [0, 0.1) is 5.92 Å². The van der Waals surface area contributed by atoms with Gasteiger partial charge in [0.15, 0.2) is 0 Å². The van der Waals surface area contributed by atoms with Crippen LogP contribution in [0.15, 0.2) is 24.3 Å².